The Bertz CT molecular complexity index is 716. The van der Waals surface area contributed by atoms with Crippen molar-refractivity contribution in [2.75, 3.05) is 31.7 Å². The summed E-state index contributed by atoms with van der Waals surface area (Å²) in [5.41, 5.74) is 6.49. The fraction of sp³-hybridized carbons (Fsp3) is 0.650. The molecule has 154 valence electrons. The predicted octanol–water partition coefficient (Wildman–Crippen LogP) is 1.34. The molecule has 1 aliphatic carbocycles. The van der Waals surface area contributed by atoms with Gasteiger partial charge in [-0.1, -0.05) is 6.92 Å². The van der Waals surface area contributed by atoms with Crippen LogP contribution in [0.15, 0.2) is 12.1 Å². The minimum Gasteiger partial charge on any atom is -0.476 e. The lowest BCUT2D eigenvalue weighted by molar-refractivity contribution is -0.121. The first-order valence-electron chi connectivity index (χ1n) is 9.89. The van der Waals surface area contributed by atoms with E-state index in [-0.39, 0.29) is 29.9 Å². The topological polar surface area (TPSA) is 107 Å². The van der Waals surface area contributed by atoms with Crippen molar-refractivity contribution in [1.82, 2.24) is 10.3 Å². The van der Waals surface area contributed by atoms with Crippen LogP contribution >= 0.6 is 0 Å². The normalized spacial score (nSPS) is 18.9. The van der Waals surface area contributed by atoms with Gasteiger partial charge in [0, 0.05) is 32.2 Å². The molecule has 3 rings (SSSR count). The van der Waals surface area contributed by atoms with E-state index >= 15 is 0 Å². The average Bonchev–Trinajstić information content (AvgIpc) is 3.43. The number of hydrogen-bond acceptors (Lipinski definition) is 6. The molecule has 1 saturated heterocycles. The summed E-state index contributed by atoms with van der Waals surface area (Å²) in [6.45, 7) is 5.79. The highest BCUT2D eigenvalue weighted by atomic mass is 16.5. The number of rotatable bonds is 10. The summed E-state index contributed by atoms with van der Waals surface area (Å²) >= 11 is 0. The van der Waals surface area contributed by atoms with E-state index in [0.717, 1.165) is 18.8 Å². The predicted molar refractivity (Wildman–Crippen MR) is 105 cm³/mol. The number of pyridine rings is 1. The fourth-order valence-electron chi connectivity index (χ4n) is 3.17. The molecule has 1 aliphatic heterocycles. The summed E-state index contributed by atoms with van der Waals surface area (Å²) in [6.07, 6.45) is 3.06. The number of aromatic nitrogens is 1. The van der Waals surface area contributed by atoms with Crippen LogP contribution in [0.3, 0.4) is 0 Å². The highest BCUT2D eigenvalue weighted by Gasteiger charge is 2.31. The Balaban J connectivity index is 1.67. The monoisotopic (exact) mass is 390 g/mol. The SMILES string of the molecule is COC1CN(c2ccc(C(=O)NC(C)CC(C)C(N)=O)nc2OCC2CC2)C1. The van der Waals surface area contributed by atoms with Crippen LogP contribution in [0.2, 0.25) is 0 Å². The van der Waals surface area contributed by atoms with Gasteiger partial charge in [0.15, 0.2) is 0 Å². The molecule has 1 aromatic heterocycles. The summed E-state index contributed by atoms with van der Waals surface area (Å²) in [5.74, 6) is 0.120. The van der Waals surface area contributed by atoms with Crippen LogP contribution in [0.1, 0.15) is 43.6 Å². The minimum absolute atomic E-state index is 0.190. The Hall–Kier alpha value is -2.35. The molecule has 8 heteroatoms. The van der Waals surface area contributed by atoms with Crippen LogP contribution in [0.25, 0.3) is 0 Å². The maximum atomic E-state index is 12.6. The largest absolute Gasteiger partial charge is 0.476 e. The number of carbonyl (C=O) groups excluding carboxylic acids is 2. The molecule has 2 amide bonds. The standard InChI is InChI=1S/C20H30N4O4/c1-12(18(21)25)8-13(2)22-19(26)16-6-7-17(24-9-15(10-24)27-3)20(23-16)28-11-14-4-5-14/h6-7,12-15H,4-5,8-11H2,1-3H3,(H2,21,25)(H,22,26). The molecule has 0 aromatic carbocycles. The maximum Gasteiger partial charge on any atom is 0.270 e. The van der Waals surface area contributed by atoms with Gasteiger partial charge in [-0.05, 0) is 44.2 Å². The highest BCUT2D eigenvalue weighted by Crippen LogP contribution is 2.34. The van der Waals surface area contributed by atoms with Crippen LogP contribution in [0.4, 0.5) is 5.69 Å². The van der Waals surface area contributed by atoms with Crippen molar-refractivity contribution in [1.29, 1.82) is 0 Å². The molecular formula is C20H30N4O4. The van der Waals surface area contributed by atoms with Crippen molar-refractivity contribution in [2.24, 2.45) is 17.6 Å². The van der Waals surface area contributed by atoms with E-state index in [2.05, 4.69) is 15.2 Å². The number of hydrogen-bond donors (Lipinski definition) is 2. The Morgan fingerprint density at radius 1 is 1.32 bits per heavy atom. The van der Waals surface area contributed by atoms with Gasteiger partial charge in [-0.2, -0.15) is 0 Å². The Kier molecular flexibility index (Phi) is 6.39. The maximum absolute atomic E-state index is 12.6. The van der Waals surface area contributed by atoms with Gasteiger partial charge in [-0.25, -0.2) is 4.98 Å². The van der Waals surface area contributed by atoms with Crippen LogP contribution < -0.4 is 20.7 Å². The summed E-state index contributed by atoms with van der Waals surface area (Å²) in [5, 5.41) is 2.88. The van der Waals surface area contributed by atoms with Gasteiger partial charge >= 0.3 is 0 Å². The van der Waals surface area contributed by atoms with Gasteiger partial charge in [-0.15, -0.1) is 0 Å². The molecule has 0 spiro atoms. The third kappa shape index (κ3) is 5.13. The minimum atomic E-state index is -0.372. The lowest BCUT2D eigenvalue weighted by Crippen LogP contribution is -2.52. The number of nitrogens with zero attached hydrogens (tertiary/aromatic N) is 2. The van der Waals surface area contributed by atoms with Crippen LogP contribution in [0.5, 0.6) is 5.88 Å². The quantitative estimate of drug-likeness (QED) is 0.624. The Labute approximate surface area is 165 Å². The molecule has 2 aliphatic rings. The number of methoxy groups -OCH3 is 1. The van der Waals surface area contributed by atoms with Crippen molar-refractivity contribution in [3.63, 3.8) is 0 Å². The van der Waals surface area contributed by atoms with E-state index < -0.39 is 0 Å². The zero-order valence-corrected chi connectivity index (χ0v) is 16.8. The zero-order chi connectivity index (χ0) is 20.3. The zero-order valence-electron chi connectivity index (χ0n) is 16.8. The lowest BCUT2D eigenvalue weighted by Gasteiger charge is -2.40. The van der Waals surface area contributed by atoms with Gasteiger partial charge in [0.25, 0.3) is 5.91 Å². The molecule has 2 unspecified atom stereocenters. The molecule has 2 atom stereocenters. The molecule has 28 heavy (non-hydrogen) atoms. The number of nitrogens with two attached hydrogens (primary N) is 1. The smallest absolute Gasteiger partial charge is 0.270 e. The molecule has 2 heterocycles. The molecule has 1 aromatic rings. The van der Waals surface area contributed by atoms with Crippen molar-refractivity contribution < 1.29 is 19.1 Å². The van der Waals surface area contributed by atoms with Gasteiger partial charge in [0.2, 0.25) is 11.8 Å². The van der Waals surface area contributed by atoms with E-state index in [1.165, 1.54) is 12.8 Å². The van der Waals surface area contributed by atoms with Crippen LogP contribution in [-0.2, 0) is 9.53 Å². The first-order valence-corrected chi connectivity index (χ1v) is 9.89. The van der Waals surface area contributed by atoms with Crippen molar-refractivity contribution in [2.45, 2.75) is 45.3 Å². The molecule has 2 fully saturated rings. The highest BCUT2D eigenvalue weighted by molar-refractivity contribution is 5.93. The molecule has 8 nitrogen and oxygen atoms in total. The Morgan fingerprint density at radius 2 is 2.04 bits per heavy atom. The first-order chi connectivity index (χ1) is 13.4. The summed E-state index contributed by atoms with van der Waals surface area (Å²) < 4.78 is 11.3. The average molecular weight is 390 g/mol. The van der Waals surface area contributed by atoms with Gasteiger partial charge in [-0.3, -0.25) is 9.59 Å². The third-order valence-corrected chi connectivity index (χ3v) is 5.32. The van der Waals surface area contributed by atoms with Crippen molar-refractivity contribution in [3.05, 3.63) is 17.8 Å². The second-order valence-corrected chi connectivity index (χ2v) is 7.95. The third-order valence-electron chi connectivity index (χ3n) is 5.32. The Morgan fingerprint density at radius 3 is 2.64 bits per heavy atom. The number of ether oxygens (including phenoxy) is 2. The first kappa shape index (κ1) is 20.4. The van der Waals surface area contributed by atoms with E-state index in [9.17, 15) is 9.59 Å². The number of carbonyl (C=O) groups is 2. The van der Waals surface area contributed by atoms with E-state index in [1.807, 2.05) is 13.0 Å². The van der Waals surface area contributed by atoms with E-state index in [1.54, 1.807) is 20.1 Å². The second kappa shape index (κ2) is 8.77. The molecular weight excluding hydrogens is 360 g/mol. The van der Waals surface area contributed by atoms with E-state index in [4.69, 9.17) is 15.2 Å². The fourth-order valence-corrected chi connectivity index (χ4v) is 3.17. The van der Waals surface area contributed by atoms with Gasteiger partial charge < -0.3 is 25.4 Å². The number of anilines is 1. The lowest BCUT2D eigenvalue weighted by atomic mass is 10.0. The van der Waals surface area contributed by atoms with Crippen molar-refractivity contribution in [3.8, 4) is 5.88 Å². The number of nitrogens with one attached hydrogen (secondary N) is 1. The summed E-state index contributed by atoms with van der Waals surface area (Å²) in [7, 11) is 1.71. The summed E-state index contributed by atoms with van der Waals surface area (Å²) in [6, 6.07) is 3.40. The second-order valence-electron chi connectivity index (χ2n) is 7.95. The van der Waals surface area contributed by atoms with Crippen molar-refractivity contribution >= 4 is 17.5 Å². The van der Waals surface area contributed by atoms with E-state index in [0.29, 0.717) is 30.5 Å². The van der Waals surface area contributed by atoms with Gasteiger partial charge in [0.05, 0.1) is 12.7 Å². The van der Waals surface area contributed by atoms with Crippen LogP contribution in [-0.4, -0.2) is 55.8 Å². The van der Waals surface area contributed by atoms with Crippen LogP contribution in [0, 0.1) is 11.8 Å². The molecule has 1 saturated carbocycles. The number of primary amides is 1. The molecule has 0 radical (unpaired) electrons. The molecule has 0 bridgehead atoms. The molecule has 3 N–H and O–H groups in total. The van der Waals surface area contributed by atoms with Gasteiger partial charge in [0.1, 0.15) is 11.4 Å². The summed E-state index contributed by atoms with van der Waals surface area (Å²) in [4.78, 5) is 30.4. The number of amides is 2.